The van der Waals surface area contributed by atoms with Crippen LogP contribution in [-0.4, -0.2) is 23.8 Å². The van der Waals surface area contributed by atoms with E-state index in [1.807, 2.05) is 6.92 Å². The fraction of sp³-hybridized carbons (Fsp3) is 0.750. The number of aliphatic hydroxyl groups excluding tert-OH is 1. The van der Waals surface area contributed by atoms with Gasteiger partial charge in [-0.25, -0.2) is 0 Å². The SMILES string of the molecule is CC1=CCN[C@H](C)[C@@H](O)C1. The summed E-state index contributed by atoms with van der Waals surface area (Å²) in [6, 6.07) is 0.230. The van der Waals surface area contributed by atoms with Crippen LogP contribution in [0.3, 0.4) is 0 Å². The van der Waals surface area contributed by atoms with Crippen LogP contribution in [0, 0.1) is 0 Å². The number of hydrogen-bond donors (Lipinski definition) is 2. The van der Waals surface area contributed by atoms with Crippen LogP contribution < -0.4 is 5.32 Å². The van der Waals surface area contributed by atoms with E-state index in [4.69, 9.17) is 0 Å². The molecule has 0 bridgehead atoms. The number of aliphatic hydroxyl groups is 1. The molecule has 0 fully saturated rings. The Hall–Kier alpha value is -0.340. The molecule has 2 nitrogen and oxygen atoms in total. The fourth-order valence-electron chi connectivity index (χ4n) is 1.15. The Bertz CT molecular complexity index is 142. The van der Waals surface area contributed by atoms with Crippen molar-refractivity contribution in [2.24, 2.45) is 0 Å². The van der Waals surface area contributed by atoms with Gasteiger partial charge in [0, 0.05) is 12.6 Å². The van der Waals surface area contributed by atoms with Crippen molar-refractivity contribution in [2.75, 3.05) is 6.54 Å². The molecule has 0 aromatic heterocycles. The van der Waals surface area contributed by atoms with Crippen molar-refractivity contribution in [1.29, 1.82) is 0 Å². The van der Waals surface area contributed by atoms with Gasteiger partial charge in [0.25, 0.3) is 0 Å². The van der Waals surface area contributed by atoms with E-state index in [0.717, 1.165) is 13.0 Å². The predicted molar refractivity (Wildman–Crippen MR) is 41.8 cm³/mol. The van der Waals surface area contributed by atoms with Gasteiger partial charge in [-0.3, -0.25) is 0 Å². The average Bonchev–Trinajstić information content (AvgIpc) is 1.96. The van der Waals surface area contributed by atoms with Gasteiger partial charge < -0.3 is 10.4 Å². The monoisotopic (exact) mass is 141 g/mol. The molecule has 1 rings (SSSR count). The largest absolute Gasteiger partial charge is 0.391 e. The Morgan fingerprint density at radius 3 is 3.10 bits per heavy atom. The van der Waals surface area contributed by atoms with Crippen LogP contribution in [0.25, 0.3) is 0 Å². The van der Waals surface area contributed by atoms with E-state index in [-0.39, 0.29) is 12.1 Å². The quantitative estimate of drug-likeness (QED) is 0.486. The first-order valence-electron chi connectivity index (χ1n) is 3.77. The number of rotatable bonds is 0. The molecular formula is C8H15NO. The molecular weight excluding hydrogens is 126 g/mol. The minimum absolute atomic E-state index is 0.209. The molecule has 1 aliphatic heterocycles. The van der Waals surface area contributed by atoms with Crippen LogP contribution in [0.4, 0.5) is 0 Å². The summed E-state index contributed by atoms with van der Waals surface area (Å²) < 4.78 is 0. The molecule has 0 spiro atoms. The highest BCUT2D eigenvalue weighted by Crippen LogP contribution is 2.10. The van der Waals surface area contributed by atoms with Gasteiger partial charge in [-0.1, -0.05) is 11.6 Å². The van der Waals surface area contributed by atoms with Crippen LogP contribution >= 0.6 is 0 Å². The van der Waals surface area contributed by atoms with Gasteiger partial charge in [0.05, 0.1) is 6.10 Å². The lowest BCUT2D eigenvalue weighted by molar-refractivity contribution is 0.139. The Kier molecular flexibility index (Phi) is 2.46. The molecule has 2 atom stereocenters. The molecule has 0 amide bonds. The van der Waals surface area contributed by atoms with E-state index in [9.17, 15) is 5.11 Å². The molecule has 1 heterocycles. The van der Waals surface area contributed by atoms with Crippen LogP contribution in [0.5, 0.6) is 0 Å². The summed E-state index contributed by atoms with van der Waals surface area (Å²) in [5.74, 6) is 0. The second-order valence-electron chi connectivity index (χ2n) is 3.02. The van der Waals surface area contributed by atoms with Crippen molar-refractivity contribution < 1.29 is 5.11 Å². The summed E-state index contributed by atoms with van der Waals surface area (Å²) in [5.41, 5.74) is 1.28. The van der Waals surface area contributed by atoms with Gasteiger partial charge in [0.1, 0.15) is 0 Å². The standard InChI is InChI=1S/C8H15NO/c1-6-3-4-9-7(2)8(10)5-6/h3,7-10H,4-5H2,1-2H3/t7-,8+/m1/s1. The molecule has 0 aromatic carbocycles. The highest BCUT2D eigenvalue weighted by atomic mass is 16.3. The zero-order valence-electron chi connectivity index (χ0n) is 6.59. The van der Waals surface area contributed by atoms with Gasteiger partial charge in [0.2, 0.25) is 0 Å². The maximum Gasteiger partial charge on any atom is 0.0727 e. The fourth-order valence-corrected chi connectivity index (χ4v) is 1.15. The summed E-state index contributed by atoms with van der Waals surface area (Å²) in [7, 11) is 0. The van der Waals surface area contributed by atoms with E-state index in [1.165, 1.54) is 5.57 Å². The van der Waals surface area contributed by atoms with Crippen LogP contribution in [0.2, 0.25) is 0 Å². The lowest BCUT2D eigenvalue weighted by Crippen LogP contribution is -2.35. The van der Waals surface area contributed by atoms with Crippen molar-refractivity contribution in [3.63, 3.8) is 0 Å². The zero-order chi connectivity index (χ0) is 7.56. The third-order valence-corrected chi connectivity index (χ3v) is 2.00. The zero-order valence-corrected chi connectivity index (χ0v) is 6.59. The minimum atomic E-state index is -0.209. The van der Waals surface area contributed by atoms with Gasteiger partial charge >= 0.3 is 0 Å². The Labute approximate surface area is 61.9 Å². The lowest BCUT2D eigenvalue weighted by atomic mass is 10.1. The van der Waals surface area contributed by atoms with Crippen molar-refractivity contribution >= 4 is 0 Å². The van der Waals surface area contributed by atoms with Gasteiger partial charge in [0.15, 0.2) is 0 Å². The Morgan fingerprint density at radius 2 is 2.40 bits per heavy atom. The summed E-state index contributed by atoms with van der Waals surface area (Å²) in [4.78, 5) is 0. The number of hydrogen-bond acceptors (Lipinski definition) is 2. The molecule has 0 saturated carbocycles. The molecule has 0 aromatic rings. The molecule has 1 aliphatic rings. The smallest absolute Gasteiger partial charge is 0.0727 e. The summed E-state index contributed by atoms with van der Waals surface area (Å²) in [6.45, 7) is 4.96. The third-order valence-electron chi connectivity index (χ3n) is 2.00. The molecule has 2 heteroatoms. The van der Waals surface area contributed by atoms with E-state index in [2.05, 4.69) is 18.3 Å². The van der Waals surface area contributed by atoms with Crippen molar-refractivity contribution in [2.45, 2.75) is 32.4 Å². The molecule has 0 radical (unpaired) electrons. The topological polar surface area (TPSA) is 32.3 Å². The van der Waals surface area contributed by atoms with E-state index in [0.29, 0.717) is 0 Å². The van der Waals surface area contributed by atoms with Crippen molar-refractivity contribution in [1.82, 2.24) is 5.32 Å². The maximum atomic E-state index is 9.42. The second-order valence-corrected chi connectivity index (χ2v) is 3.02. The van der Waals surface area contributed by atoms with E-state index < -0.39 is 0 Å². The lowest BCUT2D eigenvalue weighted by Gasteiger charge is -2.16. The normalized spacial score (nSPS) is 34.9. The Balaban J connectivity index is 2.53. The summed E-state index contributed by atoms with van der Waals surface area (Å²) >= 11 is 0. The third kappa shape index (κ3) is 1.82. The minimum Gasteiger partial charge on any atom is -0.391 e. The average molecular weight is 141 g/mol. The summed E-state index contributed by atoms with van der Waals surface area (Å²) in [5, 5.41) is 12.6. The van der Waals surface area contributed by atoms with E-state index >= 15 is 0 Å². The van der Waals surface area contributed by atoms with Crippen LogP contribution in [0.1, 0.15) is 20.3 Å². The highest BCUT2D eigenvalue weighted by Gasteiger charge is 2.15. The maximum absolute atomic E-state index is 9.42. The van der Waals surface area contributed by atoms with Crippen LogP contribution in [0.15, 0.2) is 11.6 Å². The van der Waals surface area contributed by atoms with Crippen molar-refractivity contribution in [3.05, 3.63) is 11.6 Å². The number of nitrogens with one attached hydrogen (secondary N) is 1. The molecule has 0 saturated heterocycles. The van der Waals surface area contributed by atoms with Gasteiger partial charge in [-0.05, 0) is 20.3 Å². The molecule has 0 aliphatic carbocycles. The molecule has 2 N–H and O–H groups in total. The second kappa shape index (κ2) is 3.17. The first kappa shape index (κ1) is 7.76. The molecule has 0 unspecified atom stereocenters. The Morgan fingerprint density at radius 1 is 1.70 bits per heavy atom. The highest BCUT2D eigenvalue weighted by molar-refractivity contribution is 5.04. The van der Waals surface area contributed by atoms with Gasteiger partial charge in [-0.15, -0.1) is 0 Å². The molecule has 10 heavy (non-hydrogen) atoms. The predicted octanol–water partition coefficient (Wildman–Crippen LogP) is 0.675. The van der Waals surface area contributed by atoms with Crippen molar-refractivity contribution in [3.8, 4) is 0 Å². The van der Waals surface area contributed by atoms with E-state index in [1.54, 1.807) is 0 Å². The first-order valence-corrected chi connectivity index (χ1v) is 3.77. The summed E-state index contributed by atoms with van der Waals surface area (Å²) in [6.07, 6.45) is 2.74. The van der Waals surface area contributed by atoms with Crippen LogP contribution in [-0.2, 0) is 0 Å². The first-order chi connectivity index (χ1) is 4.70. The van der Waals surface area contributed by atoms with Gasteiger partial charge in [-0.2, -0.15) is 0 Å². The molecule has 58 valence electrons.